The topological polar surface area (TPSA) is 33.1 Å². The van der Waals surface area contributed by atoms with Crippen LogP contribution < -0.4 is 5.32 Å². The Hall–Kier alpha value is -1.95. The van der Waals surface area contributed by atoms with Gasteiger partial charge in [0.05, 0.1) is 10.6 Å². The van der Waals surface area contributed by atoms with Gasteiger partial charge in [0, 0.05) is 18.3 Å². The lowest BCUT2D eigenvalue weighted by molar-refractivity contribution is 0.394. The molecule has 0 fully saturated rings. The molecule has 0 radical (unpaired) electrons. The Balaban J connectivity index is 1.75. The van der Waals surface area contributed by atoms with Crippen molar-refractivity contribution < 1.29 is 0 Å². The molecule has 0 aliphatic carbocycles. The van der Waals surface area contributed by atoms with E-state index in [0.29, 0.717) is 0 Å². The molecule has 0 aliphatic rings. The van der Waals surface area contributed by atoms with Gasteiger partial charge >= 0.3 is 0 Å². The number of hydrogen-bond acceptors (Lipinski definition) is 4. The monoisotopic (exact) mass is 340 g/mol. The van der Waals surface area contributed by atoms with Crippen LogP contribution in [0.3, 0.4) is 0 Å². The van der Waals surface area contributed by atoms with Crippen molar-refractivity contribution in [3.05, 3.63) is 59.6 Å². The lowest BCUT2D eigenvalue weighted by Crippen LogP contribution is -2.21. The largest absolute Gasteiger partial charge is 0.312 e. The van der Waals surface area contributed by atoms with Crippen LogP contribution in [0.15, 0.2) is 54.0 Å². The zero-order valence-corrected chi connectivity index (χ0v) is 15.1. The van der Waals surface area contributed by atoms with E-state index in [-0.39, 0.29) is 0 Å². The van der Waals surface area contributed by atoms with Crippen molar-refractivity contribution in [2.75, 3.05) is 27.2 Å². The molecule has 0 saturated carbocycles. The molecule has 0 unspecified atom stereocenters. The molecule has 3 aromatic rings. The molecule has 1 N–H and O–H groups in total. The second-order valence-corrected chi connectivity index (χ2v) is 7.04. The van der Waals surface area contributed by atoms with Gasteiger partial charge in [-0.1, -0.05) is 24.3 Å². The highest BCUT2D eigenvalue weighted by Gasteiger charge is 2.12. The molecule has 0 bridgehead atoms. The Morgan fingerprint density at radius 2 is 1.96 bits per heavy atom. The lowest BCUT2D eigenvalue weighted by atomic mass is 10.2. The molecule has 0 atom stereocenters. The third-order valence-corrected chi connectivity index (χ3v) is 4.72. The molecule has 126 valence electrons. The number of thiophene rings is 1. The molecule has 2 aromatic heterocycles. The van der Waals surface area contributed by atoms with Crippen LogP contribution >= 0.6 is 11.3 Å². The van der Waals surface area contributed by atoms with E-state index in [2.05, 4.69) is 60.2 Å². The Kier molecular flexibility index (Phi) is 5.80. The highest BCUT2D eigenvalue weighted by Crippen LogP contribution is 2.27. The van der Waals surface area contributed by atoms with E-state index in [1.165, 1.54) is 10.4 Å². The van der Waals surface area contributed by atoms with E-state index >= 15 is 0 Å². The van der Waals surface area contributed by atoms with Gasteiger partial charge in [-0.15, -0.1) is 11.3 Å². The summed E-state index contributed by atoms with van der Waals surface area (Å²) in [4.78, 5) is 3.43. The van der Waals surface area contributed by atoms with E-state index in [9.17, 15) is 0 Å². The number of nitrogens with zero attached hydrogens (tertiary/aromatic N) is 3. The van der Waals surface area contributed by atoms with Crippen LogP contribution in [0.4, 0.5) is 0 Å². The maximum absolute atomic E-state index is 4.83. The van der Waals surface area contributed by atoms with E-state index in [1.54, 1.807) is 11.3 Å². The van der Waals surface area contributed by atoms with Crippen molar-refractivity contribution in [3.8, 4) is 16.3 Å². The number of benzene rings is 1. The summed E-state index contributed by atoms with van der Waals surface area (Å²) in [6.07, 6.45) is 3.29. The third-order valence-electron chi connectivity index (χ3n) is 3.84. The summed E-state index contributed by atoms with van der Waals surface area (Å²) in [5, 5.41) is 10.5. The maximum Gasteiger partial charge on any atom is 0.107 e. The summed E-state index contributed by atoms with van der Waals surface area (Å²) in [5.41, 5.74) is 3.41. The first-order chi connectivity index (χ1) is 11.7. The minimum absolute atomic E-state index is 0.841. The van der Waals surface area contributed by atoms with Crippen molar-refractivity contribution in [1.29, 1.82) is 0 Å². The first-order valence-electron chi connectivity index (χ1n) is 8.27. The fraction of sp³-hybridized carbons (Fsp3) is 0.316. The minimum Gasteiger partial charge on any atom is -0.312 e. The van der Waals surface area contributed by atoms with Gasteiger partial charge in [0.25, 0.3) is 0 Å². The van der Waals surface area contributed by atoms with Gasteiger partial charge in [0.15, 0.2) is 0 Å². The first kappa shape index (κ1) is 16.9. The molecule has 0 saturated heterocycles. The molecule has 5 heteroatoms. The van der Waals surface area contributed by atoms with Crippen LogP contribution in [0.25, 0.3) is 16.3 Å². The highest BCUT2D eigenvalue weighted by atomic mass is 32.1. The summed E-state index contributed by atoms with van der Waals surface area (Å²) in [7, 11) is 4.22. The smallest absolute Gasteiger partial charge is 0.107 e. The molecule has 0 amide bonds. The molecular formula is C19H24N4S. The predicted molar refractivity (Wildman–Crippen MR) is 102 cm³/mol. The molecule has 24 heavy (non-hydrogen) atoms. The SMILES string of the molecule is CN(C)CCCNCc1cn(-c2ccccc2)nc1-c1cccs1. The van der Waals surface area contributed by atoms with Gasteiger partial charge in [-0.3, -0.25) is 0 Å². The zero-order chi connectivity index (χ0) is 16.8. The molecule has 0 spiro atoms. The Bertz CT molecular complexity index is 732. The quantitative estimate of drug-likeness (QED) is 0.636. The zero-order valence-electron chi connectivity index (χ0n) is 14.3. The number of aromatic nitrogens is 2. The maximum atomic E-state index is 4.83. The second kappa shape index (κ2) is 8.24. The van der Waals surface area contributed by atoms with Crippen molar-refractivity contribution in [2.24, 2.45) is 0 Å². The van der Waals surface area contributed by atoms with Gasteiger partial charge < -0.3 is 10.2 Å². The van der Waals surface area contributed by atoms with Gasteiger partial charge in [0.2, 0.25) is 0 Å². The summed E-state index contributed by atoms with van der Waals surface area (Å²) in [6, 6.07) is 14.5. The van der Waals surface area contributed by atoms with Crippen LogP contribution in [0, 0.1) is 0 Å². The number of rotatable bonds is 8. The molecule has 0 aliphatic heterocycles. The summed E-state index contributed by atoms with van der Waals surface area (Å²) < 4.78 is 1.98. The standard InChI is InChI=1S/C19H24N4S/c1-22(2)12-7-11-20-14-16-15-23(17-8-4-3-5-9-17)21-19(16)18-10-6-13-24-18/h3-6,8-10,13,15,20H,7,11-12,14H2,1-2H3. The van der Waals surface area contributed by atoms with E-state index in [1.807, 2.05) is 22.9 Å². The van der Waals surface area contributed by atoms with E-state index < -0.39 is 0 Å². The number of hydrogen-bond donors (Lipinski definition) is 1. The van der Waals surface area contributed by atoms with Crippen LogP contribution in [-0.2, 0) is 6.54 Å². The van der Waals surface area contributed by atoms with Crippen LogP contribution in [-0.4, -0.2) is 41.9 Å². The van der Waals surface area contributed by atoms with Crippen molar-refractivity contribution in [1.82, 2.24) is 20.0 Å². The second-order valence-electron chi connectivity index (χ2n) is 6.09. The molecule has 4 nitrogen and oxygen atoms in total. The summed E-state index contributed by atoms with van der Waals surface area (Å²) in [5.74, 6) is 0. The van der Waals surface area contributed by atoms with Crippen molar-refractivity contribution in [3.63, 3.8) is 0 Å². The molecular weight excluding hydrogens is 316 g/mol. The first-order valence-corrected chi connectivity index (χ1v) is 9.15. The molecule has 3 rings (SSSR count). The summed E-state index contributed by atoms with van der Waals surface area (Å²) in [6.45, 7) is 2.96. The number of nitrogens with one attached hydrogen (secondary N) is 1. The normalized spacial score (nSPS) is 11.3. The predicted octanol–water partition coefficient (Wildman–Crippen LogP) is 3.64. The van der Waals surface area contributed by atoms with Gasteiger partial charge in [0.1, 0.15) is 5.69 Å². The van der Waals surface area contributed by atoms with Crippen molar-refractivity contribution in [2.45, 2.75) is 13.0 Å². The van der Waals surface area contributed by atoms with Crippen LogP contribution in [0.5, 0.6) is 0 Å². The summed E-state index contributed by atoms with van der Waals surface area (Å²) >= 11 is 1.74. The molecule has 1 aromatic carbocycles. The fourth-order valence-corrected chi connectivity index (χ4v) is 3.36. The lowest BCUT2D eigenvalue weighted by Gasteiger charge is -2.09. The van der Waals surface area contributed by atoms with Gasteiger partial charge in [-0.25, -0.2) is 4.68 Å². The van der Waals surface area contributed by atoms with E-state index in [0.717, 1.165) is 37.4 Å². The van der Waals surface area contributed by atoms with Gasteiger partial charge in [-0.2, -0.15) is 5.10 Å². The highest BCUT2D eigenvalue weighted by molar-refractivity contribution is 7.13. The Labute approximate surface area is 147 Å². The average molecular weight is 340 g/mol. The van der Waals surface area contributed by atoms with Crippen LogP contribution in [0.1, 0.15) is 12.0 Å². The van der Waals surface area contributed by atoms with Crippen LogP contribution in [0.2, 0.25) is 0 Å². The average Bonchev–Trinajstić information content (AvgIpc) is 3.24. The van der Waals surface area contributed by atoms with Crippen molar-refractivity contribution >= 4 is 11.3 Å². The minimum atomic E-state index is 0.841. The Morgan fingerprint density at radius 1 is 1.12 bits per heavy atom. The van der Waals surface area contributed by atoms with E-state index in [4.69, 9.17) is 5.10 Å². The Morgan fingerprint density at radius 3 is 2.67 bits per heavy atom. The van der Waals surface area contributed by atoms with Gasteiger partial charge in [-0.05, 0) is 57.2 Å². The number of para-hydroxylation sites is 1. The fourth-order valence-electron chi connectivity index (χ4n) is 2.62. The molecule has 2 heterocycles. The third kappa shape index (κ3) is 4.32.